The Labute approximate surface area is 208 Å². The molecule has 0 saturated carbocycles. The maximum Gasteiger partial charge on any atom is 0.260 e. The van der Waals surface area contributed by atoms with E-state index in [0.717, 1.165) is 44.7 Å². The molecule has 2 heterocycles. The molecule has 5 nitrogen and oxygen atoms in total. The molecule has 1 saturated heterocycles. The monoisotopic (exact) mass is 487 g/mol. The smallest absolute Gasteiger partial charge is 0.260 e. The Morgan fingerprint density at radius 2 is 1.94 bits per heavy atom. The van der Waals surface area contributed by atoms with Crippen molar-refractivity contribution in [2.75, 3.05) is 12.4 Å². The van der Waals surface area contributed by atoms with E-state index < -0.39 is 0 Å². The Kier molecular flexibility index (Phi) is 6.26. The van der Waals surface area contributed by atoms with Crippen LogP contribution in [0.25, 0.3) is 17.0 Å². The van der Waals surface area contributed by atoms with Gasteiger partial charge in [-0.2, -0.15) is 0 Å². The molecule has 178 valence electrons. The predicted molar refractivity (Wildman–Crippen MR) is 141 cm³/mol. The fourth-order valence-corrected chi connectivity index (χ4v) is 5.39. The van der Waals surface area contributed by atoms with Crippen LogP contribution in [-0.2, 0) is 11.3 Å². The number of nitrogens with one attached hydrogen (secondary N) is 2. The Morgan fingerprint density at radius 1 is 1.11 bits per heavy atom. The summed E-state index contributed by atoms with van der Waals surface area (Å²) in [4.78, 5) is 13.5. The van der Waals surface area contributed by atoms with Gasteiger partial charge in [-0.25, -0.2) is 4.39 Å². The van der Waals surface area contributed by atoms with Gasteiger partial charge in [-0.15, -0.1) is 0 Å². The summed E-state index contributed by atoms with van der Waals surface area (Å²) in [7, 11) is 1.63. The molecule has 0 spiro atoms. The van der Waals surface area contributed by atoms with Gasteiger partial charge in [0.05, 0.1) is 17.7 Å². The number of aryl methyl sites for hydroxylation is 1. The van der Waals surface area contributed by atoms with Gasteiger partial charge in [0.15, 0.2) is 5.50 Å². The second kappa shape index (κ2) is 9.50. The van der Waals surface area contributed by atoms with Gasteiger partial charge < -0.3 is 19.9 Å². The maximum absolute atomic E-state index is 13.8. The molecule has 0 radical (unpaired) electrons. The summed E-state index contributed by atoms with van der Waals surface area (Å²) in [5, 5.41) is 7.43. The summed E-state index contributed by atoms with van der Waals surface area (Å²) in [5.41, 5.74) is 5.55. The first-order valence-corrected chi connectivity index (χ1v) is 12.2. The van der Waals surface area contributed by atoms with Gasteiger partial charge in [-0.1, -0.05) is 48.2 Å². The van der Waals surface area contributed by atoms with Crippen LogP contribution in [0.15, 0.2) is 71.6 Å². The number of carbonyl (C=O) groups excluding carboxylic acids is 1. The number of hydrogen-bond acceptors (Lipinski definition) is 4. The molecule has 5 rings (SSSR count). The number of fused-ring (bicyclic) bond motifs is 1. The number of ether oxygens (including phenoxy) is 1. The summed E-state index contributed by atoms with van der Waals surface area (Å²) in [6, 6.07) is 20.6. The number of carbonyl (C=O) groups is 1. The number of methoxy groups -OCH3 is 1. The van der Waals surface area contributed by atoms with Gasteiger partial charge >= 0.3 is 0 Å². The van der Waals surface area contributed by atoms with Gasteiger partial charge in [0.1, 0.15) is 11.6 Å². The first kappa shape index (κ1) is 23.1. The first-order chi connectivity index (χ1) is 16.9. The highest BCUT2D eigenvalue weighted by molar-refractivity contribution is 8.05. The molecule has 1 aromatic heterocycles. The molecule has 1 aliphatic rings. The minimum atomic E-state index is -0.314. The molecular weight excluding hydrogens is 461 g/mol. The molecule has 0 aliphatic carbocycles. The van der Waals surface area contributed by atoms with Gasteiger partial charge in [0.2, 0.25) is 0 Å². The fourth-order valence-electron chi connectivity index (χ4n) is 4.43. The molecule has 35 heavy (non-hydrogen) atoms. The normalized spacial score (nSPS) is 16.6. The van der Waals surface area contributed by atoms with E-state index in [9.17, 15) is 9.18 Å². The Morgan fingerprint density at radius 3 is 2.74 bits per heavy atom. The number of hydrogen-bond donors (Lipinski definition) is 2. The summed E-state index contributed by atoms with van der Waals surface area (Å²) in [6.07, 6.45) is 1.95. The van der Waals surface area contributed by atoms with Crippen molar-refractivity contribution in [3.63, 3.8) is 0 Å². The highest BCUT2D eigenvalue weighted by atomic mass is 32.2. The molecule has 1 amide bonds. The number of benzene rings is 3. The third-order valence-corrected chi connectivity index (χ3v) is 7.19. The zero-order valence-corrected chi connectivity index (χ0v) is 20.6. The van der Waals surface area contributed by atoms with E-state index in [4.69, 9.17) is 4.74 Å². The summed E-state index contributed by atoms with van der Waals surface area (Å²) < 4.78 is 21.4. The predicted octanol–water partition coefficient (Wildman–Crippen LogP) is 6.05. The zero-order chi connectivity index (χ0) is 24.5. The quantitative estimate of drug-likeness (QED) is 0.325. The lowest BCUT2D eigenvalue weighted by Gasteiger charge is -2.16. The largest absolute Gasteiger partial charge is 0.495 e. The number of amides is 1. The van der Waals surface area contributed by atoms with Crippen molar-refractivity contribution in [2.45, 2.75) is 25.9 Å². The number of aromatic nitrogens is 1. The lowest BCUT2D eigenvalue weighted by molar-refractivity contribution is -0.116. The topological polar surface area (TPSA) is 55.3 Å². The first-order valence-electron chi connectivity index (χ1n) is 11.4. The van der Waals surface area contributed by atoms with E-state index in [1.807, 2.05) is 56.3 Å². The van der Waals surface area contributed by atoms with Crippen LogP contribution in [0.4, 0.5) is 10.1 Å². The molecule has 0 bridgehead atoms. The van der Waals surface area contributed by atoms with Crippen molar-refractivity contribution in [3.8, 4) is 5.75 Å². The van der Waals surface area contributed by atoms with E-state index in [1.165, 1.54) is 17.8 Å². The second-order valence-corrected chi connectivity index (χ2v) is 9.71. The minimum absolute atomic E-state index is 0.125. The average Bonchev–Trinajstić information content (AvgIpc) is 3.31. The highest BCUT2D eigenvalue weighted by Gasteiger charge is 2.28. The van der Waals surface area contributed by atoms with Crippen molar-refractivity contribution >= 4 is 40.3 Å². The van der Waals surface area contributed by atoms with Crippen LogP contribution in [0.5, 0.6) is 5.75 Å². The molecule has 1 unspecified atom stereocenters. The molecule has 3 aromatic carbocycles. The van der Waals surface area contributed by atoms with Crippen molar-refractivity contribution in [1.29, 1.82) is 0 Å². The zero-order valence-electron chi connectivity index (χ0n) is 19.8. The second-order valence-electron chi connectivity index (χ2n) is 8.56. The molecule has 2 N–H and O–H groups in total. The lowest BCUT2D eigenvalue weighted by atomic mass is 10.1. The van der Waals surface area contributed by atoms with E-state index >= 15 is 0 Å². The van der Waals surface area contributed by atoms with E-state index in [1.54, 1.807) is 19.2 Å². The van der Waals surface area contributed by atoms with Crippen LogP contribution in [0.1, 0.15) is 22.4 Å². The number of halogens is 1. The van der Waals surface area contributed by atoms with Gasteiger partial charge in [-0.3, -0.25) is 4.79 Å². The van der Waals surface area contributed by atoms with Crippen LogP contribution in [0, 0.1) is 19.7 Å². The average molecular weight is 488 g/mol. The Balaban J connectivity index is 1.47. The third kappa shape index (κ3) is 4.64. The third-order valence-electron chi connectivity index (χ3n) is 6.16. The number of rotatable bonds is 6. The van der Waals surface area contributed by atoms with Crippen LogP contribution in [-0.4, -0.2) is 23.1 Å². The fraction of sp³-hybridized carbons (Fsp3) is 0.179. The molecule has 7 heteroatoms. The molecule has 1 aliphatic heterocycles. The Hall–Kier alpha value is -3.71. The van der Waals surface area contributed by atoms with Crippen molar-refractivity contribution < 1.29 is 13.9 Å². The molecule has 1 fully saturated rings. The van der Waals surface area contributed by atoms with E-state index in [0.29, 0.717) is 11.4 Å². The summed E-state index contributed by atoms with van der Waals surface area (Å²) in [5.74, 6) is 0.349. The van der Waals surface area contributed by atoms with E-state index in [-0.39, 0.29) is 17.2 Å². The summed E-state index contributed by atoms with van der Waals surface area (Å²) >= 11 is 1.44. The molecular formula is C28H26FN3O2S. The molecule has 1 atom stereocenters. The number of para-hydroxylation sites is 1. The van der Waals surface area contributed by atoms with Gasteiger partial charge in [0.25, 0.3) is 5.91 Å². The lowest BCUT2D eigenvalue weighted by Crippen LogP contribution is -2.31. The highest BCUT2D eigenvalue weighted by Crippen LogP contribution is 2.36. The summed E-state index contributed by atoms with van der Waals surface area (Å²) in [6.45, 7) is 4.60. The van der Waals surface area contributed by atoms with Crippen molar-refractivity contribution in [1.82, 2.24) is 9.88 Å². The SMILES string of the molecule is COc1ccc(C)cc1NC1NC(=O)/C(=C/c2c(C)n(Cc3cccc(F)c3)c3ccccc23)S1. The van der Waals surface area contributed by atoms with Crippen LogP contribution in [0.2, 0.25) is 0 Å². The van der Waals surface area contributed by atoms with Crippen LogP contribution in [0.3, 0.4) is 0 Å². The number of nitrogens with zero attached hydrogens (tertiary/aromatic N) is 1. The maximum atomic E-state index is 13.8. The van der Waals surface area contributed by atoms with Crippen LogP contribution < -0.4 is 15.4 Å². The number of thioether (sulfide) groups is 1. The van der Waals surface area contributed by atoms with Gasteiger partial charge in [0, 0.05) is 28.7 Å². The van der Waals surface area contributed by atoms with Crippen molar-refractivity contribution in [2.24, 2.45) is 0 Å². The van der Waals surface area contributed by atoms with E-state index in [2.05, 4.69) is 27.3 Å². The number of anilines is 1. The van der Waals surface area contributed by atoms with Gasteiger partial charge in [-0.05, 0) is 61.4 Å². The molecule has 4 aromatic rings. The minimum Gasteiger partial charge on any atom is -0.495 e. The van der Waals surface area contributed by atoms with Crippen molar-refractivity contribution in [3.05, 3.63) is 99.8 Å². The Bertz CT molecular complexity index is 1460. The van der Waals surface area contributed by atoms with Crippen LogP contribution >= 0.6 is 11.8 Å². The standard InChI is InChI=1S/C28H26FN3O2S/c1-17-11-12-25(34-3)23(13-17)30-28-31-27(33)26(35-28)15-22-18(2)32(24-10-5-4-9-21(22)24)16-19-7-6-8-20(29)14-19/h4-15,28,30H,16H2,1-3H3,(H,31,33)/b26-15-.